The minimum absolute atomic E-state index is 0.0833. The average molecular weight is 368 g/mol. The summed E-state index contributed by atoms with van der Waals surface area (Å²) in [7, 11) is 3.38. The Morgan fingerprint density at radius 2 is 1.78 bits per heavy atom. The van der Waals surface area contributed by atoms with E-state index in [0.717, 1.165) is 32.5 Å². The van der Waals surface area contributed by atoms with Gasteiger partial charge in [-0.2, -0.15) is 0 Å². The van der Waals surface area contributed by atoms with Crippen LogP contribution in [0.25, 0.3) is 0 Å². The first-order valence-corrected chi connectivity index (χ1v) is 9.26. The van der Waals surface area contributed by atoms with E-state index in [1.54, 1.807) is 12.1 Å². The van der Waals surface area contributed by atoms with E-state index in [4.69, 9.17) is 16.2 Å². The predicted octanol–water partition coefficient (Wildman–Crippen LogP) is 2.60. The van der Waals surface area contributed by atoms with Crippen molar-refractivity contribution in [2.75, 3.05) is 38.7 Å². The molecule has 1 saturated heterocycles. The normalized spacial score (nSPS) is 15.5. The van der Waals surface area contributed by atoms with E-state index in [-0.39, 0.29) is 11.9 Å². The number of hydrogen-bond acceptors (Lipinski definition) is 5. The summed E-state index contributed by atoms with van der Waals surface area (Å²) >= 11 is 0. The summed E-state index contributed by atoms with van der Waals surface area (Å²) in [6.07, 6.45) is 1.89. The van der Waals surface area contributed by atoms with Crippen molar-refractivity contribution in [3.63, 3.8) is 0 Å². The molecule has 1 aliphatic heterocycles. The molecule has 0 radical (unpaired) electrons. The van der Waals surface area contributed by atoms with Crippen molar-refractivity contribution in [2.24, 2.45) is 0 Å². The fourth-order valence-electron chi connectivity index (χ4n) is 3.61. The number of nitrogens with zero attached hydrogens (tertiary/aromatic N) is 2. The van der Waals surface area contributed by atoms with Gasteiger partial charge in [-0.25, -0.2) is 0 Å². The second-order valence-corrected chi connectivity index (χ2v) is 7.09. The number of carbonyl (C=O) groups is 1. The van der Waals surface area contributed by atoms with Crippen molar-refractivity contribution >= 4 is 17.3 Å². The minimum atomic E-state index is -0.0833. The van der Waals surface area contributed by atoms with E-state index in [9.17, 15) is 4.79 Å². The van der Waals surface area contributed by atoms with E-state index in [0.29, 0.717) is 22.7 Å². The van der Waals surface area contributed by atoms with Crippen LogP contribution < -0.4 is 16.2 Å². The van der Waals surface area contributed by atoms with Crippen molar-refractivity contribution in [2.45, 2.75) is 25.4 Å². The van der Waals surface area contributed by atoms with Gasteiger partial charge >= 0.3 is 0 Å². The van der Waals surface area contributed by atoms with Crippen LogP contribution in [0, 0.1) is 0 Å². The number of benzene rings is 2. The van der Waals surface area contributed by atoms with Gasteiger partial charge in [0, 0.05) is 38.8 Å². The highest BCUT2D eigenvalue weighted by molar-refractivity contribution is 5.99. The number of likely N-dealkylation sites (tertiary alicyclic amines) is 1. The highest BCUT2D eigenvalue weighted by Gasteiger charge is 2.27. The number of nitrogens with two attached hydrogens (primary N) is 2. The SMILES string of the molecule is COc1cc(N)c(N)cc1C(=O)N(C)C1CCN(Cc2ccccc2)CC1. The highest BCUT2D eigenvalue weighted by atomic mass is 16.5. The van der Waals surface area contributed by atoms with Crippen LogP contribution in [0.1, 0.15) is 28.8 Å². The number of piperidine rings is 1. The monoisotopic (exact) mass is 368 g/mol. The Hall–Kier alpha value is -2.73. The average Bonchev–Trinajstić information content (AvgIpc) is 2.70. The Balaban J connectivity index is 1.63. The molecule has 0 atom stereocenters. The Bertz CT molecular complexity index is 786. The number of carbonyl (C=O) groups excluding carboxylic acids is 1. The second-order valence-electron chi connectivity index (χ2n) is 7.09. The quantitative estimate of drug-likeness (QED) is 0.793. The number of rotatable bonds is 5. The summed E-state index contributed by atoms with van der Waals surface area (Å²) in [5, 5.41) is 0. The minimum Gasteiger partial charge on any atom is -0.496 e. The van der Waals surface area contributed by atoms with Crippen LogP contribution in [0.15, 0.2) is 42.5 Å². The maximum absolute atomic E-state index is 13.0. The standard InChI is InChI=1S/C21H28N4O2/c1-24(21(26)17-12-18(22)19(23)13-20(17)27-2)16-8-10-25(11-9-16)14-15-6-4-3-5-7-15/h3-7,12-13,16H,8-11,14,22-23H2,1-2H3. The van der Waals surface area contributed by atoms with Crippen molar-refractivity contribution in [1.29, 1.82) is 0 Å². The molecular weight excluding hydrogens is 340 g/mol. The Labute approximate surface area is 160 Å². The molecule has 0 bridgehead atoms. The van der Waals surface area contributed by atoms with E-state index >= 15 is 0 Å². The predicted molar refractivity (Wildman–Crippen MR) is 109 cm³/mol. The number of amides is 1. The van der Waals surface area contributed by atoms with Crippen LogP contribution in [-0.4, -0.2) is 49.0 Å². The van der Waals surface area contributed by atoms with E-state index in [1.807, 2.05) is 18.0 Å². The third-order valence-corrected chi connectivity index (χ3v) is 5.31. The van der Waals surface area contributed by atoms with E-state index in [2.05, 4.69) is 29.2 Å². The topological polar surface area (TPSA) is 84.8 Å². The van der Waals surface area contributed by atoms with Gasteiger partial charge in [-0.1, -0.05) is 30.3 Å². The van der Waals surface area contributed by atoms with Gasteiger partial charge in [0.15, 0.2) is 0 Å². The molecule has 1 heterocycles. The van der Waals surface area contributed by atoms with Gasteiger partial charge < -0.3 is 21.1 Å². The molecule has 6 heteroatoms. The summed E-state index contributed by atoms with van der Waals surface area (Å²) < 4.78 is 5.33. The van der Waals surface area contributed by atoms with Gasteiger partial charge in [-0.3, -0.25) is 9.69 Å². The first-order valence-electron chi connectivity index (χ1n) is 9.26. The van der Waals surface area contributed by atoms with Crippen molar-refractivity contribution in [1.82, 2.24) is 9.80 Å². The third kappa shape index (κ3) is 4.34. The lowest BCUT2D eigenvalue weighted by Gasteiger charge is -2.37. The van der Waals surface area contributed by atoms with E-state index < -0.39 is 0 Å². The van der Waals surface area contributed by atoms with Gasteiger partial charge in [0.05, 0.1) is 24.0 Å². The van der Waals surface area contributed by atoms with Crippen molar-refractivity contribution in [3.05, 3.63) is 53.6 Å². The first kappa shape index (κ1) is 19.0. The van der Waals surface area contributed by atoms with Crippen LogP contribution >= 0.6 is 0 Å². The van der Waals surface area contributed by atoms with Crippen molar-refractivity contribution in [3.8, 4) is 5.75 Å². The zero-order chi connectivity index (χ0) is 19.4. The lowest BCUT2D eigenvalue weighted by Crippen LogP contribution is -2.45. The summed E-state index contributed by atoms with van der Waals surface area (Å²) in [5.74, 6) is 0.375. The Kier molecular flexibility index (Phi) is 5.86. The Morgan fingerprint density at radius 3 is 2.41 bits per heavy atom. The summed E-state index contributed by atoms with van der Waals surface area (Å²) in [6, 6.07) is 13.9. The zero-order valence-electron chi connectivity index (χ0n) is 16.0. The molecule has 3 rings (SSSR count). The largest absolute Gasteiger partial charge is 0.496 e. The van der Waals surface area contributed by atoms with Gasteiger partial charge in [-0.15, -0.1) is 0 Å². The highest BCUT2D eigenvalue weighted by Crippen LogP contribution is 2.29. The Morgan fingerprint density at radius 1 is 1.15 bits per heavy atom. The molecule has 0 saturated carbocycles. The smallest absolute Gasteiger partial charge is 0.257 e. The molecule has 144 valence electrons. The number of ether oxygens (including phenoxy) is 1. The van der Waals surface area contributed by atoms with Crippen LogP contribution in [0.3, 0.4) is 0 Å². The maximum Gasteiger partial charge on any atom is 0.257 e. The molecule has 0 spiro atoms. The van der Waals surface area contributed by atoms with Crippen LogP contribution in [0.4, 0.5) is 11.4 Å². The summed E-state index contributed by atoms with van der Waals surface area (Å²) in [5.41, 5.74) is 14.3. The number of anilines is 2. The summed E-state index contributed by atoms with van der Waals surface area (Å²) in [4.78, 5) is 17.2. The molecule has 4 N–H and O–H groups in total. The molecule has 1 aliphatic rings. The van der Waals surface area contributed by atoms with Crippen molar-refractivity contribution < 1.29 is 9.53 Å². The first-order chi connectivity index (χ1) is 13.0. The molecule has 0 unspecified atom stereocenters. The number of methoxy groups -OCH3 is 1. The molecule has 0 aliphatic carbocycles. The molecule has 2 aromatic rings. The lowest BCUT2D eigenvalue weighted by molar-refractivity contribution is 0.0633. The van der Waals surface area contributed by atoms with E-state index in [1.165, 1.54) is 12.7 Å². The van der Waals surface area contributed by atoms with Crippen LogP contribution in [-0.2, 0) is 6.54 Å². The maximum atomic E-state index is 13.0. The summed E-state index contributed by atoms with van der Waals surface area (Å²) in [6.45, 7) is 2.89. The second kappa shape index (κ2) is 8.31. The van der Waals surface area contributed by atoms with Crippen LogP contribution in [0.2, 0.25) is 0 Å². The fraction of sp³-hybridized carbons (Fsp3) is 0.381. The third-order valence-electron chi connectivity index (χ3n) is 5.31. The zero-order valence-corrected chi connectivity index (χ0v) is 16.0. The molecule has 6 nitrogen and oxygen atoms in total. The van der Waals surface area contributed by atoms with Gasteiger partial charge in [0.1, 0.15) is 5.75 Å². The molecule has 27 heavy (non-hydrogen) atoms. The van der Waals surface area contributed by atoms with Gasteiger partial charge in [0.25, 0.3) is 5.91 Å². The lowest BCUT2D eigenvalue weighted by atomic mass is 10.0. The molecule has 0 aromatic heterocycles. The molecule has 1 amide bonds. The number of nitrogen functional groups attached to an aromatic ring is 2. The van der Waals surface area contributed by atoms with Crippen LogP contribution in [0.5, 0.6) is 5.75 Å². The molecular formula is C21H28N4O2. The number of hydrogen-bond donors (Lipinski definition) is 2. The fourth-order valence-corrected chi connectivity index (χ4v) is 3.61. The molecule has 1 fully saturated rings. The van der Waals surface area contributed by atoms with Gasteiger partial charge in [0.2, 0.25) is 0 Å². The van der Waals surface area contributed by atoms with Gasteiger partial charge in [-0.05, 0) is 24.5 Å². The molecule has 2 aromatic carbocycles.